The number of rotatable bonds is 0. The first-order chi connectivity index (χ1) is 0. The van der Waals surface area contributed by atoms with Crippen LogP contribution in [0.2, 0.25) is 0 Å². The van der Waals surface area contributed by atoms with Crippen molar-refractivity contribution in [3.8, 4) is 0 Å². The molecule has 0 N–H and O–H groups in total. The molecule has 0 spiro atoms. The molecule has 0 aliphatic rings. The van der Waals surface area contributed by atoms with Gasteiger partial charge in [-0.2, -0.15) is 0 Å². The minimum absolute atomic E-state index is 0. The Balaban J connectivity index is 0. The van der Waals surface area contributed by atoms with Crippen molar-refractivity contribution < 1.29 is 37.6 Å². The Labute approximate surface area is 57.3 Å². The van der Waals surface area contributed by atoms with Crippen molar-refractivity contribution in [3.05, 3.63) is 0 Å². The van der Waals surface area contributed by atoms with Crippen molar-refractivity contribution in [2.45, 2.75) is 0 Å². The standard InChI is InChI=1S/Mo.Ni.2P/q+6;;2*-3. The SMILES string of the molecule is [Mo+6].[Ni].[P-3].[P-3]. The van der Waals surface area contributed by atoms with Gasteiger partial charge < -0.3 is 19.8 Å². The Kier molecular flexibility index (Phi) is 182. The van der Waals surface area contributed by atoms with E-state index in [1.807, 2.05) is 0 Å². The molecule has 26 valence electrons. The van der Waals surface area contributed by atoms with E-state index < -0.39 is 0 Å². The predicted octanol–water partition coefficient (Wildman–Crippen LogP) is 1.72. The first kappa shape index (κ1) is 36.8. The third-order valence-electron chi connectivity index (χ3n) is 0. The van der Waals surface area contributed by atoms with Crippen molar-refractivity contribution in [3.63, 3.8) is 0 Å². The summed E-state index contributed by atoms with van der Waals surface area (Å²) in [6.45, 7) is 0. The van der Waals surface area contributed by atoms with Crippen molar-refractivity contribution in [1.82, 2.24) is 0 Å². The Morgan fingerprint density at radius 3 is 0.750 bits per heavy atom. The predicted molar refractivity (Wildman–Crippen MR) is 13.8 cm³/mol. The molecule has 0 unspecified atom stereocenters. The van der Waals surface area contributed by atoms with Gasteiger partial charge in [-0.25, -0.2) is 0 Å². The molecular weight excluding hydrogens is 217 g/mol. The maximum Gasteiger partial charge on any atom is 6.00 e. The second-order valence-electron chi connectivity index (χ2n) is 0. The maximum absolute atomic E-state index is 0. The summed E-state index contributed by atoms with van der Waals surface area (Å²) in [5.74, 6) is 0. The molecule has 0 aliphatic carbocycles. The van der Waals surface area contributed by atoms with Crippen molar-refractivity contribution in [1.29, 1.82) is 0 Å². The Hall–Kier alpha value is 2.04. The van der Waals surface area contributed by atoms with E-state index in [1.54, 1.807) is 0 Å². The van der Waals surface area contributed by atoms with E-state index in [4.69, 9.17) is 0 Å². The quantitative estimate of drug-likeness (QED) is 0.427. The van der Waals surface area contributed by atoms with Crippen LogP contribution in [0.25, 0.3) is 0 Å². The zero-order valence-electron chi connectivity index (χ0n) is 1.62. The summed E-state index contributed by atoms with van der Waals surface area (Å²) in [7, 11) is 0. The largest absolute Gasteiger partial charge is 6.00 e. The fourth-order valence-corrected chi connectivity index (χ4v) is 0. The van der Waals surface area contributed by atoms with Gasteiger partial charge in [0.05, 0.1) is 0 Å². The van der Waals surface area contributed by atoms with Gasteiger partial charge in [-0.1, -0.05) is 0 Å². The molecule has 0 aromatic rings. The van der Waals surface area contributed by atoms with Crippen molar-refractivity contribution in [2.75, 3.05) is 0 Å². The Morgan fingerprint density at radius 1 is 0.750 bits per heavy atom. The van der Waals surface area contributed by atoms with E-state index in [1.165, 1.54) is 0 Å². The van der Waals surface area contributed by atoms with Gasteiger partial charge in [0.2, 0.25) is 0 Å². The summed E-state index contributed by atoms with van der Waals surface area (Å²) in [5, 5.41) is 0. The van der Waals surface area contributed by atoms with E-state index in [0.29, 0.717) is 0 Å². The molecule has 0 saturated carbocycles. The topological polar surface area (TPSA) is 0 Å². The molecule has 0 aromatic carbocycles. The van der Waals surface area contributed by atoms with Crippen LogP contribution in [0.5, 0.6) is 0 Å². The van der Waals surface area contributed by atoms with Gasteiger partial charge >= 0.3 is 21.1 Å². The van der Waals surface area contributed by atoms with Crippen molar-refractivity contribution in [2.24, 2.45) is 0 Å². The summed E-state index contributed by atoms with van der Waals surface area (Å²) in [4.78, 5) is 0. The van der Waals surface area contributed by atoms with Gasteiger partial charge in [0.1, 0.15) is 0 Å². The van der Waals surface area contributed by atoms with Crippen LogP contribution in [0.3, 0.4) is 0 Å². The summed E-state index contributed by atoms with van der Waals surface area (Å²) in [6.07, 6.45) is 0. The zero-order chi connectivity index (χ0) is 0. The first-order valence-electron chi connectivity index (χ1n) is 0. The summed E-state index contributed by atoms with van der Waals surface area (Å²) < 4.78 is 0. The van der Waals surface area contributed by atoms with Gasteiger partial charge in [-0.05, 0) is 0 Å². The molecule has 4 heavy (non-hydrogen) atoms. The molecule has 0 bridgehead atoms. The average molecular weight is 217 g/mol. The molecule has 0 radical (unpaired) electrons. The zero-order valence-corrected chi connectivity index (χ0v) is 6.40. The third kappa shape index (κ3) is 8.97. The second kappa shape index (κ2) is 19.8. The minimum atomic E-state index is 0. The molecule has 0 rings (SSSR count). The third-order valence-corrected chi connectivity index (χ3v) is 0. The molecule has 0 atom stereocenters. The number of hydrogen-bond donors (Lipinski definition) is 0. The average Bonchev–Trinajstić information content (AvgIpc) is 0. The molecule has 0 aliphatic heterocycles. The van der Waals surface area contributed by atoms with Crippen LogP contribution >= 0.6 is 19.8 Å². The maximum atomic E-state index is 0. The molecule has 4 heteroatoms. The first-order valence-corrected chi connectivity index (χ1v) is 0. The Bertz CT molecular complexity index is 6.00. The fraction of sp³-hybridized carbons (Fsp3) is 0. The van der Waals surface area contributed by atoms with E-state index in [-0.39, 0.29) is 57.4 Å². The van der Waals surface area contributed by atoms with Crippen LogP contribution in [0, 0.1) is 0 Å². The smallest absolute Gasteiger partial charge is 3.00 e. The molecule has 0 fully saturated rings. The summed E-state index contributed by atoms with van der Waals surface area (Å²) in [5.41, 5.74) is 0. The Morgan fingerprint density at radius 2 is 0.750 bits per heavy atom. The van der Waals surface area contributed by atoms with Crippen LogP contribution in [0.15, 0.2) is 0 Å². The van der Waals surface area contributed by atoms with Gasteiger partial charge in [0, 0.05) is 16.5 Å². The normalized spacial score (nSPS) is 0. The molecule has 0 saturated heterocycles. The monoisotopic (exact) mass is 218 g/mol. The fourth-order valence-electron chi connectivity index (χ4n) is 0. The van der Waals surface area contributed by atoms with Crippen LogP contribution in [-0.4, -0.2) is 0 Å². The minimum Gasteiger partial charge on any atom is -3.00 e. The van der Waals surface area contributed by atoms with Gasteiger partial charge in [-0.3, -0.25) is 0 Å². The molecule has 0 aromatic heterocycles. The number of hydrogen-bond acceptors (Lipinski definition) is 0. The second-order valence-corrected chi connectivity index (χ2v) is 0. The molecule has 0 nitrogen and oxygen atoms in total. The van der Waals surface area contributed by atoms with Crippen LogP contribution in [-0.2, 0) is 37.6 Å². The van der Waals surface area contributed by atoms with E-state index in [0.717, 1.165) is 0 Å². The van der Waals surface area contributed by atoms with Crippen LogP contribution < -0.4 is 0 Å². The van der Waals surface area contributed by atoms with Gasteiger partial charge in [0.25, 0.3) is 0 Å². The molecular formula is MoNiP2. The summed E-state index contributed by atoms with van der Waals surface area (Å²) >= 11 is 0. The molecule has 0 amide bonds. The van der Waals surface area contributed by atoms with E-state index in [9.17, 15) is 0 Å². The van der Waals surface area contributed by atoms with Crippen LogP contribution in [0.4, 0.5) is 0 Å². The van der Waals surface area contributed by atoms with E-state index in [2.05, 4.69) is 0 Å². The summed E-state index contributed by atoms with van der Waals surface area (Å²) in [6, 6.07) is 0. The van der Waals surface area contributed by atoms with Crippen LogP contribution in [0.1, 0.15) is 0 Å². The van der Waals surface area contributed by atoms with E-state index >= 15 is 0 Å². The van der Waals surface area contributed by atoms with Crippen molar-refractivity contribution >= 4 is 19.8 Å². The molecule has 0 heterocycles. The van der Waals surface area contributed by atoms with Gasteiger partial charge in [-0.15, -0.1) is 0 Å². The van der Waals surface area contributed by atoms with Gasteiger partial charge in [0.15, 0.2) is 0 Å².